The molecule has 0 spiro atoms. The van der Waals surface area contributed by atoms with E-state index in [1.165, 1.54) is 6.20 Å². The van der Waals surface area contributed by atoms with Crippen molar-refractivity contribution in [3.8, 4) is 17.6 Å². The van der Waals surface area contributed by atoms with Gasteiger partial charge in [0.2, 0.25) is 5.88 Å². The SMILES string of the molecule is ClCc1cc(Oc2ncn(-c3ccccc3)n2)ncc1Cl. The number of alkyl halides is 1. The Balaban J connectivity index is 1.82. The van der Waals surface area contributed by atoms with Crippen molar-refractivity contribution in [3.63, 3.8) is 0 Å². The Morgan fingerprint density at radius 3 is 2.71 bits per heavy atom. The van der Waals surface area contributed by atoms with Gasteiger partial charge in [-0.25, -0.2) is 9.67 Å². The van der Waals surface area contributed by atoms with Gasteiger partial charge in [0.05, 0.1) is 10.7 Å². The summed E-state index contributed by atoms with van der Waals surface area (Å²) in [5.74, 6) is 0.629. The highest BCUT2D eigenvalue weighted by atomic mass is 35.5. The molecule has 0 atom stereocenters. The van der Waals surface area contributed by atoms with Crippen LogP contribution < -0.4 is 4.74 Å². The van der Waals surface area contributed by atoms with Gasteiger partial charge in [0, 0.05) is 18.1 Å². The molecule has 3 aromatic rings. The first-order chi connectivity index (χ1) is 10.3. The van der Waals surface area contributed by atoms with Gasteiger partial charge in [0.1, 0.15) is 6.33 Å². The number of aromatic nitrogens is 4. The van der Waals surface area contributed by atoms with E-state index in [9.17, 15) is 0 Å². The van der Waals surface area contributed by atoms with Crippen LogP contribution in [-0.4, -0.2) is 19.7 Å². The van der Waals surface area contributed by atoms with Crippen molar-refractivity contribution in [2.24, 2.45) is 0 Å². The average molecular weight is 321 g/mol. The summed E-state index contributed by atoms with van der Waals surface area (Å²) in [6, 6.07) is 11.5. The number of hydrogen-bond donors (Lipinski definition) is 0. The van der Waals surface area contributed by atoms with E-state index in [1.807, 2.05) is 30.3 Å². The Hall–Kier alpha value is -2.11. The summed E-state index contributed by atoms with van der Waals surface area (Å²) in [6.45, 7) is 0. The van der Waals surface area contributed by atoms with E-state index in [1.54, 1.807) is 17.1 Å². The summed E-state index contributed by atoms with van der Waals surface area (Å²) in [5, 5.41) is 4.73. The van der Waals surface area contributed by atoms with E-state index < -0.39 is 0 Å². The molecule has 0 saturated carbocycles. The first kappa shape index (κ1) is 13.9. The fourth-order valence-electron chi connectivity index (χ4n) is 1.71. The molecule has 0 aliphatic rings. The van der Waals surface area contributed by atoms with Gasteiger partial charge in [-0.1, -0.05) is 29.8 Å². The van der Waals surface area contributed by atoms with Crippen LogP contribution in [0.25, 0.3) is 5.69 Å². The smallest absolute Gasteiger partial charge is 0.342 e. The van der Waals surface area contributed by atoms with Crippen LogP contribution in [0.15, 0.2) is 48.9 Å². The Bertz CT molecular complexity index is 746. The first-order valence-electron chi connectivity index (χ1n) is 6.11. The molecular formula is C14H10Cl2N4O. The lowest BCUT2D eigenvalue weighted by atomic mass is 10.3. The van der Waals surface area contributed by atoms with Crippen molar-refractivity contribution in [2.75, 3.05) is 0 Å². The second-order valence-corrected chi connectivity index (χ2v) is 4.83. The largest absolute Gasteiger partial charge is 0.404 e. The van der Waals surface area contributed by atoms with Crippen molar-refractivity contribution in [1.29, 1.82) is 0 Å². The molecule has 0 fully saturated rings. The van der Waals surface area contributed by atoms with Gasteiger partial charge < -0.3 is 4.74 Å². The standard InChI is InChI=1S/C14H10Cl2N4O/c15-7-10-6-13(17-8-12(10)16)21-14-18-9-20(19-14)11-4-2-1-3-5-11/h1-6,8-9H,7H2. The van der Waals surface area contributed by atoms with Gasteiger partial charge in [0.15, 0.2) is 0 Å². The van der Waals surface area contributed by atoms with Crippen molar-refractivity contribution < 1.29 is 4.74 Å². The predicted octanol–water partition coefficient (Wildman–Crippen LogP) is 3.85. The molecule has 0 bridgehead atoms. The molecule has 0 saturated heterocycles. The van der Waals surface area contributed by atoms with E-state index in [4.69, 9.17) is 27.9 Å². The topological polar surface area (TPSA) is 52.8 Å². The average Bonchev–Trinajstić information content (AvgIpc) is 2.98. The molecule has 0 unspecified atom stereocenters. The van der Waals surface area contributed by atoms with E-state index in [-0.39, 0.29) is 11.9 Å². The van der Waals surface area contributed by atoms with Crippen molar-refractivity contribution in [1.82, 2.24) is 19.7 Å². The third kappa shape index (κ3) is 3.15. The number of pyridine rings is 1. The lowest BCUT2D eigenvalue weighted by Crippen LogP contribution is -1.95. The summed E-state index contributed by atoms with van der Waals surface area (Å²) in [5.41, 5.74) is 1.64. The molecule has 21 heavy (non-hydrogen) atoms. The summed E-state index contributed by atoms with van der Waals surface area (Å²) in [6.07, 6.45) is 3.06. The van der Waals surface area contributed by atoms with Crippen LogP contribution in [-0.2, 0) is 5.88 Å². The minimum atomic E-state index is 0.203. The lowest BCUT2D eigenvalue weighted by Gasteiger charge is -2.03. The number of ether oxygens (including phenoxy) is 1. The van der Waals surface area contributed by atoms with Crippen LogP contribution in [0.2, 0.25) is 5.02 Å². The molecule has 0 amide bonds. The van der Waals surface area contributed by atoms with E-state index in [0.717, 1.165) is 11.3 Å². The second-order valence-electron chi connectivity index (χ2n) is 4.16. The molecule has 5 nitrogen and oxygen atoms in total. The quantitative estimate of drug-likeness (QED) is 0.685. The summed E-state index contributed by atoms with van der Waals surface area (Å²) in [7, 11) is 0. The van der Waals surface area contributed by atoms with Crippen LogP contribution in [0.5, 0.6) is 11.9 Å². The third-order valence-corrected chi connectivity index (χ3v) is 3.37. The molecule has 106 valence electrons. The summed E-state index contributed by atoms with van der Waals surface area (Å²) in [4.78, 5) is 8.15. The monoisotopic (exact) mass is 320 g/mol. The van der Waals surface area contributed by atoms with E-state index in [0.29, 0.717) is 10.9 Å². The van der Waals surface area contributed by atoms with Crippen molar-refractivity contribution in [3.05, 3.63) is 59.5 Å². The van der Waals surface area contributed by atoms with Gasteiger partial charge in [-0.05, 0) is 17.7 Å². The van der Waals surface area contributed by atoms with Crippen LogP contribution in [0, 0.1) is 0 Å². The van der Waals surface area contributed by atoms with Crippen LogP contribution in [0.4, 0.5) is 0 Å². The number of para-hydroxylation sites is 1. The van der Waals surface area contributed by atoms with Crippen molar-refractivity contribution in [2.45, 2.75) is 5.88 Å². The molecule has 2 heterocycles. The predicted molar refractivity (Wildman–Crippen MR) is 80.2 cm³/mol. The highest BCUT2D eigenvalue weighted by molar-refractivity contribution is 6.32. The Labute approximate surface area is 131 Å². The van der Waals surface area contributed by atoms with E-state index in [2.05, 4.69) is 15.1 Å². The number of hydrogen-bond acceptors (Lipinski definition) is 4. The van der Waals surface area contributed by atoms with Gasteiger partial charge in [-0.2, -0.15) is 4.98 Å². The highest BCUT2D eigenvalue weighted by Crippen LogP contribution is 2.23. The molecule has 0 aliphatic carbocycles. The number of nitrogens with zero attached hydrogens (tertiary/aromatic N) is 4. The van der Waals surface area contributed by atoms with Gasteiger partial charge in [-0.3, -0.25) is 0 Å². The molecule has 2 aromatic heterocycles. The Kier molecular flexibility index (Phi) is 4.03. The van der Waals surface area contributed by atoms with Crippen LogP contribution in [0.1, 0.15) is 5.56 Å². The maximum Gasteiger partial charge on any atom is 0.342 e. The molecule has 7 heteroatoms. The minimum Gasteiger partial charge on any atom is -0.404 e. The number of benzene rings is 1. The zero-order chi connectivity index (χ0) is 14.7. The third-order valence-electron chi connectivity index (χ3n) is 2.74. The molecular weight excluding hydrogens is 311 g/mol. The number of halogens is 2. The Morgan fingerprint density at radius 1 is 1.14 bits per heavy atom. The normalized spacial score (nSPS) is 10.6. The fraction of sp³-hybridized carbons (Fsp3) is 0.0714. The van der Waals surface area contributed by atoms with Crippen LogP contribution in [0.3, 0.4) is 0 Å². The van der Waals surface area contributed by atoms with Gasteiger partial charge in [-0.15, -0.1) is 16.7 Å². The molecule has 0 aliphatic heterocycles. The number of rotatable bonds is 4. The zero-order valence-electron chi connectivity index (χ0n) is 10.8. The van der Waals surface area contributed by atoms with Crippen molar-refractivity contribution >= 4 is 23.2 Å². The first-order valence-corrected chi connectivity index (χ1v) is 7.03. The highest BCUT2D eigenvalue weighted by Gasteiger charge is 2.08. The van der Waals surface area contributed by atoms with Gasteiger partial charge >= 0.3 is 6.01 Å². The second kappa shape index (κ2) is 6.11. The van der Waals surface area contributed by atoms with Gasteiger partial charge in [0.25, 0.3) is 0 Å². The Morgan fingerprint density at radius 2 is 1.95 bits per heavy atom. The summed E-state index contributed by atoms with van der Waals surface area (Å²) >= 11 is 11.7. The molecule has 3 rings (SSSR count). The lowest BCUT2D eigenvalue weighted by molar-refractivity contribution is 0.424. The van der Waals surface area contributed by atoms with E-state index >= 15 is 0 Å². The van der Waals surface area contributed by atoms with Crippen LogP contribution >= 0.6 is 23.2 Å². The summed E-state index contributed by atoms with van der Waals surface area (Å²) < 4.78 is 7.13. The fourth-order valence-corrected chi connectivity index (χ4v) is 2.17. The minimum absolute atomic E-state index is 0.203. The molecule has 0 N–H and O–H groups in total. The maximum absolute atomic E-state index is 5.95. The molecule has 0 radical (unpaired) electrons. The molecule has 1 aromatic carbocycles. The maximum atomic E-state index is 5.95. The zero-order valence-corrected chi connectivity index (χ0v) is 12.3.